The van der Waals surface area contributed by atoms with E-state index in [1.807, 2.05) is 12.1 Å². The van der Waals surface area contributed by atoms with E-state index in [4.69, 9.17) is 4.42 Å². The number of hydrogen-bond acceptors (Lipinski definition) is 2. The molecule has 0 radical (unpaired) electrons. The van der Waals surface area contributed by atoms with E-state index in [0.29, 0.717) is 12.1 Å². The molecule has 1 N–H and O–H groups in total. The maximum atomic E-state index is 5.35. The Kier molecular flexibility index (Phi) is 2.92. The second kappa shape index (κ2) is 4.18. The van der Waals surface area contributed by atoms with Crippen LogP contribution in [0.15, 0.2) is 22.8 Å². The third kappa shape index (κ3) is 2.61. The Morgan fingerprint density at radius 2 is 2.29 bits per heavy atom. The van der Waals surface area contributed by atoms with Crippen LogP contribution in [0.5, 0.6) is 0 Å². The Balaban J connectivity index is 1.78. The van der Waals surface area contributed by atoms with Crippen molar-refractivity contribution in [1.82, 2.24) is 5.32 Å². The van der Waals surface area contributed by atoms with Crippen LogP contribution in [0, 0.1) is 5.92 Å². The van der Waals surface area contributed by atoms with Gasteiger partial charge in [0.25, 0.3) is 0 Å². The van der Waals surface area contributed by atoms with Crippen LogP contribution in [0.3, 0.4) is 0 Å². The lowest BCUT2D eigenvalue weighted by atomic mass is 10.1. The molecule has 2 nitrogen and oxygen atoms in total. The maximum absolute atomic E-state index is 5.35. The number of furan rings is 1. The normalized spacial score (nSPS) is 20.7. The van der Waals surface area contributed by atoms with Gasteiger partial charge >= 0.3 is 0 Å². The molecular formula is C12H19NO. The first-order valence-corrected chi connectivity index (χ1v) is 5.55. The van der Waals surface area contributed by atoms with E-state index < -0.39 is 0 Å². The first-order chi connectivity index (χ1) is 6.75. The topological polar surface area (TPSA) is 25.2 Å². The van der Waals surface area contributed by atoms with Crippen molar-refractivity contribution in [3.63, 3.8) is 0 Å². The third-order valence-electron chi connectivity index (χ3n) is 2.89. The summed E-state index contributed by atoms with van der Waals surface area (Å²) in [5.74, 6) is 2.02. The van der Waals surface area contributed by atoms with Crippen LogP contribution >= 0.6 is 0 Å². The molecule has 0 saturated heterocycles. The molecule has 1 aromatic rings. The zero-order valence-electron chi connectivity index (χ0n) is 8.99. The number of rotatable bonds is 5. The lowest BCUT2D eigenvalue weighted by Gasteiger charge is -2.18. The number of hydrogen-bond donors (Lipinski definition) is 1. The van der Waals surface area contributed by atoms with E-state index >= 15 is 0 Å². The highest BCUT2D eigenvalue weighted by Gasteiger charge is 2.24. The second-order valence-corrected chi connectivity index (χ2v) is 4.48. The van der Waals surface area contributed by atoms with Gasteiger partial charge in [0.2, 0.25) is 0 Å². The van der Waals surface area contributed by atoms with E-state index in [-0.39, 0.29) is 0 Å². The molecule has 1 aromatic heterocycles. The molecule has 1 aliphatic rings. The minimum absolute atomic E-state index is 0.332. The van der Waals surface area contributed by atoms with E-state index in [2.05, 4.69) is 19.2 Å². The van der Waals surface area contributed by atoms with Gasteiger partial charge in [0.1, 0.15) is 5.76 Å². The van der Waals surface area contributed by atoms with Gasteiger partial charge in [-0.05, 0) is 38.3 Å². The SMILES string of the molecule is CC(CC1CC1)N[C@@H](C)c1ccco1. The van der Waals surface area contributed by atoms with E-state index in [1.54, 1.807) is 6.26 Å². The zero-order chi connectivity index (χ0) is 9.97. The molecule has 0 spiro atoms. The summed E-state index contributed by atoms with van der Waals surface area (Å²) < 4.78 is 5.35. The van der Waals surface area contributed by atoms with Crippen molar-refractivity contribution in [2.75, 3.05) is 0 Å². The molecule has 2 heteroatoms. The van der Waals surface area contributed by atoms with E-state index in [9.17, 15) is 0 Å². The van der Waals surface area contributed by atoms with Gasteiger partial charge in [0.15, 0.2) is 0 Å². The van der Waals surface area contributed by atoms with Crippen LogP contribution in [-0.2, 0) is 0 Å². The van der Waals surface area contributed by atoms with Gasteiger partial charge in [-0.2, -0.15) is 0 Å². The summed E-state index contributed by atoms with van der Waals surface area (Å²) in [4.78, 5) is 0. The summed E-state index contributed by atoms with van der Waals surface area (Å²) in [5.41, 5.74) is 0. The Bertz CT molecular complexity index is 264. The fourth-order valence-corrected chi connectivity index (χ4v) is 1.97. The highest BCUT2D eigenvalue weighted by molar-refractivity contribution is 5.03. The molecule has 1 saturated carbocycles. The minimum atomic E-state index is 0.332. The highest BCUT2D eigenvalue weighted by Crippen LogP contribution is 2.33. The molecule has 14 heavy (non-hydrogen) atoms. The van der Waals surface area contributed by atoms with Crippen LogP contribution in [-0.4, -0.2) is 6.04 Å². The summed E-state index contributed by atoms with van der Waals surface area (Å²) in [6.07, 6.45) is 5.91. The van der Waals surface area contributed by atoms with Crippen molar-refractivity contribution in [2.24, 2.45) is 5.92 Å². The molecule has 2 atom stereocenters. The van der Waals surface area contributed by atoms with Gasteiger partial charge in [-0.15, -0.1) is 0 Å². The van der Waals surface area contributed by atoms with Crippen molar-refractivity contribution in [2.45, 2.75) is 45.2 Å². The minimum Gasteiger partial charge on any atom is -0.468 e. The predicted octanol–water partition coefficient (Wildman–Crippen LogP) is 3.12. The number of nitrogens with one attached hydrogen (secondary N) is 1. The predicted molar refractivity (Wildman–Crippen MR) is 57.1 cm³/mol. The molecule has 0 aromatic carbocycles. The molecule has 0 bridgehead atoms. The summed E-state index contributed by atoms with van der Waals surface area (Å²) in [7, 11) is 0. The molecule has 1 fully saturated rings. The molecule has 0 amide bonds. The van der Waals surface area contributed by atoms with Gasteiger partial charge in [-0.3, -0.25) is 0 Å². The van der Waals surface area contributed by atoms with Crippen molar-refractivity contribution in [3.05, 3.63) is 24.2 Å². The largest absolute Gasteiger partial charge is 0.468 e. The van der Waals surface area contributed by atoms with Crippen molar-refractivity contribution >= 4 is 0 Å². The highest BCUT2D eigenvalue weighted by atomic mass is 16.3. The monoisotopic (exact) mass is 193 g/mol. The third-order valence-corrected chi connectivity index (χ3v) is 2.89. The van der Waals surface area contributed by atoms with E-state index in [0.717, 1.165) is 11.7 Å². The Morgan fingerprint density at radius 3 is 2.86 bits per heavy atom. The van der Waals surface area contributed by atoms with Gasteiger partial charge in [0.05, 0.1) is 12.3 Å². The molecule has 0 aliphatic heterocycles. The second-order valence-electron chi connectivity index (χ2n) is 4.48. The fourth-order valence-electron chi connectivity index (χ4n) is 1.97. The van der Waals surface area contributed by atoms with Gasteiger partial charge in [-0.1, -0.05) is 12.8 Å². The lowest BCUT2D eigenvalue weighted by molar-refractivity contribution is 0.381. The fraction of sp³-hybridized carbons (Fsp3) is 0.667. The first-order valence-electron chi connectivity index (χ1n) is 5.55. The average molecular weight is 193 g/mol. The van der Waals surface area contributed by atoms with Crippen LogP contribution < -0.4 is 5.32 Å². The standard InChI is InChI=1S/C12H19NO/c1-9(8-11-5-6-11)13-10(2)12-4-3-7-14-12/h3-4,7,9-11,13H,5-6,8H2,1-2H3/t9?,10-/m0/s1. The summed E-state index contributed by atoms with van der Waals surface area (Å²) >= 11 is 0. The Morgan fingerprint density at radius 1 is 1.50 bits per heavy atom. The maximum Gasteiger partial charge on any atom is 0.120 e. The summed E-state index contributed by atoms with van der Waals surface area (Å²) in [5, 5.41) is 3.56. The zero-order valence-corrected chi connectivity index (χ0v) is 8.99. The molecular weight excluding hydrogens is 174 g/mol. The van der Waals surface area contributed by atoms with E-state index in [1.165, 1.54) is 19.3 Å². The van der Waals surface area contributed by atoms with Crippen LogP contribution in [0.4, 0.5) is 0 Å². The van der Waals surface area contributed by atoms with Crippen LogP contribution in [0.25, 0.3) is 0 Å². The average Bonchev–Trinajstić information content (AvgIpc) is 2.80. The van der Waals surface area contributed by atoms with Crippen LogP contribution in [0.2, 0.25) is 0 Å². The quantitative estimate of drug-likeness (QED) is 0.777. The van der Waals surface area contributed by atoms with Crippen LogP contribution in [0.1, 0.15) is 44.9 Å². The van der Waals surface area contributed by atoms with Crippen molar-refractivity contribution in [1.29, 1.82) is 0 Å². The Hall–Kier alpha value is -0.760. The summed E-state index contributed by atoms with van der Waals surface area (Å²) in [6.45, 7) is 4.42. The molecule has 1 aliphatic carbocycles. The van der Waals surface area contributed by atoms with Gasteiger partial charge in [-0.25, -0.2) is 0 Å². The Labute approximate surface area is 85.7 Å². The lowest BCUT2D eigenvalue weighted by Crippen LogP contribution is -2.29. The van der Waals surface area contributed by atoms with Gasteiger partial charge in [0, 0.05) is 6.04 Å². The van der Waals surface area contributed by atoms with Crippen molar-refractivity contribution in [3.8, 4) is 0 Å². The molecule has 2 rings (SSSR count). The molecule has 78 valence electrons. The smallest absolute Gasteiger partial charge is 0.120 e. The first kappa shape index (κ1) is 9.78. The molecule has 1 unspecified atom stereocenters. The van der Waals surface area contributed by atoms with Gasteiger partial charge < -0.3 is 9.73 Å². The summed E-state index contributed by atoms with van der Waals surface area (Å²) in [6, 6.07) is 4.90. The molecule has 1 heterocycles. The van der Waals surface area contributed by atoms with Crippen molar-refractivity contribution < 1.29 is 4.42 Å².